The van der Waals surface area contributed by atoms with Crippen LogP contribution in [0.5, 0.6) is 0 Å². The first-order valence-corrected chi connectivity index (χ1v) is 4.74. The summed E-state index contributed by atoms with van der Waals surface area (Å²) < 4.78 is 3.12. The van der Waals surface area contributed by atoms with E-state index in [4.69, 9.17) is 0 Å². The molecule has 74 valence electrons. The van der Waals surface area contributed by atoms with E-state index in [-0.39, 0.29) is 5.69 Å². The number of aryl methyl sites for hydroxylation is 1. The SMILES string of the molecule is CC.CCn1nc2n(c1=O)CCN2. The number of hydrogen-bond acceptors (Lipinski definition) is 3. The summed E-state index contributed by atoms with van der Waals surface area (Å²) in [4.78, 5) is 11.3. The lowest BCUT2D eigenvalue weighted by atomic mass is 10.7. The number of anilines is 1. The number of nitrogens with zero attached hydrogens (tertiary/aromatic N) is 3. The van der Waals surface area contributed by atoms with E-state index < -0.39 is 0 Å². The van der Waals surface area contributed by atoms with Crippen molar-refractivity contribution in [1.29, 1.82) is 0 Å². The quantitative estimate of drug-likeness (QED) is 0.692. The molecule has 0 aromatic carbocycles. The van der Waals surface area contributed by atoms with E-state index in [1.807, 2.05) is 20.8 Å². The highest BCUT2D eigenvalue weighted by Gasteiger charge is 2.15. The predicted molar refractivity (Wildman–Crippen MR) is 52.0 cm³/mol. The standard InChI is InChI=1S/C6H10N4O.C2H6/c1-2-10-6(11)9-4-3-7-5(9)8-10;1-2/h2-4H2,1H3,(H,7,8);1-2H3. The highest BCUT2D eigenvalue weighted by Crippen LogP contribution is 2.05. The van der Waals surface area contributed by atoms with Gasteiger partial charge in [-0.25, -0.2) is 9.48 Å². The molecule has 1 aliphatic heterocycles. The molecule has 0 bridgehead atoms. The van der Waals surface area contributed by atoms with Gasteiger partial charge in [0.15, 0.2) is 0 Å². The van der Waals surface area contributed by atoms with Gasteiger partial charge in [-0.1, -0.05) is 13.8 Å². The van der Waals surface area contributed by atoms with Gasteiger partial charge in [-0.05, 0) is 6.92 Å². The number of nitrogens with one attached hydrogen (secondary N) is 1. The summed E-state index contributed by atoms with van der Waals surface area (Å²) >= 11 is 0. The molecule has 1 N–H and O–H groups in total. The zero-order valence-electron chi connectivity index (χ0n) is 8.37. The second-order valence-electron chi connectivity index (χ2n) is 2.50. The van der Waals surface area contributed by atoms with Crippen LogP contribution in [0.25, 0.3) is 0 Å². The Morgan fingerprint density at radius 1 is 1.54 bits per heavy atom. The Hall–Kier alpha value is -1.26. The fourth-order valence-electron chi connectivity index (χ4n) is 1.26. The molecule has 0 spiro atoms. The maximum atomic E-state index is 11.3. The third-order valence-electron chi connectivity index (χ3n) is 1.84. The van der Waals surface area contributed by atoms with Gasteiger partial charge in [0.25, 0.3) is 0 Å². The first-order chi connectivity index (χ1) is 6.33. The molecule has 0 fully saturated rings. The van der Waals surface area contributed by atoms with Crippen molar-refractivity contribution in [2.75, 3.05) is 11.9 Å². The van der Waals surface area contributed by atoms with Gasteiger partial charge in [-0.3, -0.25) is 4.57 Å². The van der Waals surface area contributed by atoms with Gasteiger partial charge >= 0.3 is 5.69 Å². The zero-order chi connectivity index (χ0) is 9.84. The largest absolute Gasteiger partial charge is 0.352 e. The van der Waals surface area contributed by atoms with Crippen molar-refractivity contribution in [2.45, 2.75) is 33.9 Å². The van der Waals surface area contributed by atoms with Crippen molar-refractivity contribution in [1.82, 2.24) is 14.3 Å². The van der Waals surface area contributed by atoms with Gasteiger partial charge in [-0.15, -0.1) is 5.10 Å². The highest BCUT2D eigenvalue weighted by atomic mass is 16.2. The monoisotopic (exact) mass is 184 g/mol. The van der Waals surface area contributed by atoms with Crippen LogP contribution in [0.3, 0.4) is 0 Å². The van der Waals surface area contributed by atoms with E-state index >= 15 is 0 Å². The first kappa shape index (κ1) is 9.83. The molecule has 2 heterocycles. The molecule has 0 aliphatic carbocycles. The molecule has 1 aliphatic rings. The van der Waals surface area contributed by atoms with E-state index in [9.17, 15) is 4.79 Å². The molecule has 1 aromatic rings. The summed E-state index contributed by atoms with van der Waals surface area (Å²) in [5.74, 6) is 0.705. The van der Waals surface area contributed by atoms with Crippen molar-refractivity contribution in [2.24, 2.45) is 0 Å². The summed E-state index contributed by atoms with van der Waals surface area (Å²) in [6.07, 6.45) is 0. The van der Waals surface area contributed by atoms with E-state index in [0.29, 0.717) is 12.5 Å². The van der Waals surface area contributed by atoms with Crippen molar-refractivity contribution in [3.05, 3.63) is 10.5 Å². The molecule has 13 heavy (non-hydrogen) atoms. The molecule has 0 atom stereocenters. The Morgan fingerprint density at radius 3 is 2.77 bits per heavy atom. The number of hydrogen-bond donors (Lipinski definition) is 1. The summed E-state index contributed by atoms with van der Waals surface area (Å²) in [7, 11) is 0. The van der Waals surface area contributed by atoms with Gasteiger partial charge in [0.05, 0.1) is 0 Å². The smallest absolute Gasteiger partial charge is 0.347 e. The fourth-order valence-corrected chi connectivity index (χ4v) is 1.26. The van der Waals surface area contributed by atoms with E-state index in [0.717, 1.165) is 13.1 Å². The minimum Gasteiger partial charge on any atom is -0.352 e. The van der Waals surface area contributed by atoms with Gasteiger partial charge < -0.3 is 5.32 Å². The van der Waals surface area contributed by atoms with Crippen LogP contribution in [0.4, 0.5) is 5.95 Å². The molecule has 0 saturated carbocycles. The molecule has 0 saturated heterocycles. The first-order valence-electron chi connectivity index (χ1n) is 4.74. The number of aromatic nitrogens is 3. The lowest BCUT2D eigenvalue weighted by Gasteiger charge is -1.91. The van der Waals surface area contributed by atoms with Crippen molar-refractivity contribution in [3.63, 3.8) is 0 Å². The molecule has 5 nitrogen and oxygen atoms in total. The maximum absolute atomic E-state index is 11.3. The molecule has 0 radical (unpaired) electrons. The van der Waals surface area contributed by atoms with Crippen molar-refractivity contribution in [3.8, 4) is 0 Å². The normalized spacial score (nSPS) is 12.8. The van der Waals surface area contributed by atoms with Crippen LogP contribution in [-0.4, -0.2) is 20.9 Å². The molecule has 0 unspecified atom stereocenters. The zero-order valence-corrected chi connectivity index (χ0v) is 8.37. The fraction of sp³-hybridized carbons (Fsp3) is 0.750. The van der Waals surface area contributed by atoms with Crippen LogP contribution in [0, 0.1) is 0 Å². The summed E-state index contributed by atoms with van der Waals surface area (Å²) in [6.45, 7) is 8.11. The molecule has 1 aromatic heterocycles. The Balaban J connectivity index is 0.000000396. The van der Waals surface area contributed by atoms with E-state index in [2.05, 4.69) is 10.4 Å². The van der Waals surface area contributed by atoms with Crippen LogP contribution < -0.4 is 11.0 Å². The highest BCUT2D eigenvalue weighted by molar-refractivity contribution is 5.27. The molecular weight excluding hydrogens is 168 g/mol. The number of rotatable bonds is 1. The Bertz CT molecular complexity index is 325. The van der Waals surface area contributed by atoms with E-state index in [1.165, 1.54) is 4.68 Å². The van der Waals surface area contributed by atoms with Gasteiger partial charge in [0, 0.05) is 19.6 Å². The summed E-state index contributed by atoms with van der Waals surface area (Å²) in [5, 5.41) is 7.09. The topological polar surface area (TPSA) is 51.9 Å². The van der Waals surface area contributed by atoms with Crippen LogP contribution in [-0.2, 0) is 13.1 Å². The van der Waals surface area contributed by atoms with Gasteiger partial charge in [0.1, 0.15) is 0 Å². The van der Waals surface area contributed by atoms with Crippen LogP contribution in [0.2, 0.25) is 0 Å². The van der Waals surface area contributed by atoms with Crippen molar-refractivity contribution >= 4 is 5.95 Å². The van der Waals surface area contributed by atoms with Crippen LogP contribution >= 0.6 is 0 Å². The maximum Gasteiger partial charge on any atom is 0.347 e. The molecule has 5 heteroatoms. The molecule has 0 amide bonds. The van der Waals surface area contributed by atoms with E-state index in [1.54, 1.807) is 4.57 Å². The second-order valence-corrected chi connectivity index (χ2v) is 2.50. The Morgan fingerprint density at radius 2 is 2.23 bits per heavy atom. The Labute approximate surface area is 77.4 Å². The van der Waals surface area contributed by atoms with Crippen molar-refractivity contribution < 1.29 is 0 Å². The van der Waals surface area contributed by atoms with Gasteiger partial charge in [-0.2, -0.15) is 0 Å². The van der Waals surface area contributed by atoms with Crippen LogP contribution in [0.15, 0.2) is 4.79 Å². The van der Waals surface area contributed by atoms with Gasteiger partial charge in [0.2, 0.25) is 5.95 Å². The summed E-state index contributed by atoms with van der Waals surface area (Å²) in [6, 6.07) is 0. The number of fused-ring (bicyclic) bond motifs is 1. The lowest BCUT2D eigenvalue weighted by molar-refractivity contribution is 0.607. The minimum absolute atomic E-state index is 0.00694. The summed E-state index contributed by atoms with van der Waals surface area (Å²) in [5.41, 5.74) is -0.00694. The second kappa shape index (κ2) is 4.11. The molecular formula is C8H16N4O. The Kier molecular flexibility index (Phi) is 3.11. The minimum atomic E-state index is -0.00694. The molecule has 2 rings (SSSR count). The lowest BCUT2D eigenvalue weighted by Crippen LogP contribution is -2.23. The average molecular weight is 184 g/mol. The third-order valence-corrected chi connectivity index (χ3v) is 1.84. The average Bonchev–Trinajstić information content (AvgIpc) is 2.73. The van der Waals surface area contributed by atoms with Crippen LogP contribution in [0.1, 0.15) is 20.8 Å². The predicted octanol–water partition coefficient (Wildman–Crippen LogP) is 0.516. The third kappa shape index (κ3) is 1.59.